The molecule has 0 radical (unpaired) electrons. The van der Waals surface area contributed by atoms with Gasteiger partial charge in [-0.3, -0.25) is 0 Å². The van der Waals surface area contributed by atoms with E-state index in [0.29, 0.717) is 0 Å². The molecule has 2 heteroatoms. The minimum absolute atomic E-state index is 0.969. The molecule has 0 amide bonds. The second kappa shape index (κ2) is 5.10. The molecule has 0 aliphatic heterocycles. The summed E-state index contributed by atoms with van der Waals surface area (Å²) in [4.78, 5) is 0. The fourth-order valence-corrected chi connectivity index (χ4v) is 6.54. The zero-order valence-corrected chi connectivity index (χ0v) is 16.7. The van der Waals surface area contributed by atoms with Crippen molar-refractivity contribution in [3.05, 3.63) is 84.9 Å². The van der Waals surface area contributed by atoms with Gasteiger partial charge < -0.3 is 4.42 Å². The second-order valence-electron chi connectivity index (χ2n) is 8.09. The fourth-order valence-electron chi connectivity index (χ4n) is 5.42. The van der Waals surface area contributed by atoms with Gasteiger partial charge >= 0.3 is 0 Å². The standard InChI is InChI=1S/C28H14OS/c1-2-5-15(6-3-1)17-11-14-22-28-24(17)18-7-4-8-19-25(18)26-20(29-19)12-9-16-10-13-21(30-22)27(28)23(16)26/h1-14H. The van der Waals surface area contributed by atoms with Crippen LogP contribution in [0.1, 0.15) is 0 Å². The van der Waals surface area contributed by atoms with Crippen LogP contribution >= 0.6 is 11.3 Å². The van der Waals surface area contributed by atoms with Crippen LogP contribution in [0.25, 0.3) is 75.1 Å². The smallest absolute Gasteiger partial charge is 0.136 e. The van der Waals surface area contributed by atoms with Gasteiger partial charge in [-0.05, 0) is 51.9 Å². The van der Waals surface area contributed by atoms with E-state index in [1.807, 2.05) is 11.3 Å². The molecule has 1 aliphatic carbocycles. The van der Waals surface area contributed by atoms with E-state index in [-0.39, 0.29) is 0 Å². The number of fused-ring (bicyclic) bond motifs is 1. The minimum Gasteiger partial charge on any atom is -0.456 e. The molecule has 0 saturated carbocycles. The molecule has 138 valence electrons. The van der Waals surface area contributed by atoms with Crippen LogP contribution in [-0.4, -0.2) is 0 Å². The zero-order valence-electron chi connectivity index (χ0n) is 15.9. The lowest BCUT2D eigenvalue weighted by Crippen LogP contribution is -1.86. The molecule has 0 atom stereocenters. The normalized spacial score (nSPS) is 12.7. The molecule has 0 N–H and O–H groups in total. The van der Waals surface area contributed by atoms with Crippen molar-refractivity contribution >= 4 is 64.2 Å². The van der Waals surface area contributed by atoms with Crippen molar-refractivity contribution in [3.63, 3.8) is 0 Å². The molecule has 8 rings (SSSR count). The maximum absolute atomic E-state index is 6.34. The van der Waals surface area contributed by atoms with Gasteiger partial charge in [0.1, 0.15) is 11.2 Å². The monoisotopic (exact) mass is 398 g/mol. The summed E-state index contributed by atoms with van der Waals surface area (Å²) in [6.45, 7) is 0. The Balaban J connectivity index is 1.78. The Bertz CT molecular complexity index is 1830. The van der Waals surface area contributed by atoms with E-state index in [1.165, 1.54) is 64.0 Å². The van der Waals surface area contributed by atoms with Crippen LogP contribution in [0.3, 0.4) is 0 Å². The third kappa shape index (κ3) is 1.67. The van der Waals surface area contributed by atoms with Crippen LogP contribution in [-0.2, 0) is 0 Å². The van der Waals surface area contributed by atoms with Crippen molar-refractivity contribution in [1.29, 1.82) is 0 Å². The average Bonchev–Trinajstić information content (AvgIpc) is 3.32. The van der Waals surface area contributed by atoms with Gasteiger partial charge in [-0.2, -0.15) is 0 Å². The number of rotatable bonds is 1. The summed E-state index contributed by atoms with van der Waals surface area (Å²) in [5.74, 6) is 0. The minimum atomic E-state index is 0.969. The van der Waals surface area contributed by atoms with Crippen molar-refractivity contribution in [2.75, 3.05) is 0 Å². The van der Waals surface area contributed by atoms with Gasteiger partial charge in [-0.25, -0.2) is 0 Å². The SMILES string of the molecule is c1ccc(-c2ccc3sc4ccc5ccc6oc7cccc8c7c6c5c4c3c2-8)cc1. The van der Waals surface area contributed by atoms with Crippen molar-refractivity contribution in [2.45, 2.75) is 0 Å². The van der Waals surface area contributed by atoms with Gasteiger partial charge in [-0.15, -0.1) is 11.3 Å². The highest BCUT2D eigenvalue weighted by Gasteiger charge is 2.25. The summed E-state index contributed by atoms with van der Waals surface area (Å²) >= 11 is 1.89. The van der Waals surface area contributed by atoms with Gasteiger partial charge in [-0.1, -0.05) is 60.7 Å². The zero-order chi connectivity index (χ0) is 19.4. The third-order valence-corrected chi connectivity index (χ3v) is 7.72. The van der Waals surface area contributed by atoms with Crippen LogP contribution < -0.4 is 0 Å². The van der Waals surface area contributed by atoms with E-state index in [9.17, 15) is 0 Å². The Morgan fingerprint density at radius 1 is 0.500 bits per heavy atom. The first-order valence-electron chi connectivity index (χ1n) is 10.2. The molecule has 0 fully saturated rings. The number of thiophene rings is 1. The molecule has 5 aromatic carbocycles. The molecule has 0 unspecified atom stereocenters. The van der Waals surface area contributed by atoms with E-state index in [1.54, 1.807) is 0 Å². The molecule has 0 bridgehead atoms. The van der Waals surface area contributed by atoms with Crippen molar-refractivity contribution < 1.29 is 4.42 Å². The summed E-state index contributed by atoms with van der Waals surface area (Å²) in [6.07, 6.45) is 0. The lowest BCUT2D eigenvalue weighted by atomic mass is 9.90. The fraction of sp³-hybridized carbons (Fsp3) is 0. The van der Waals surface area contributed by atoms with Gasteiger partial charge in [0.15, 0.2) is 0 Å². The highest BCUT2D eigenvalue weighted by atomic mass is 32.1. The summed E-state index contributed by atoms with van der Waals surface area (Å²) < 4.78 is 9.04. The van der Waals surface area contributed by atoms with E-state index in [4.69, 9.17) is 4.42 Å². The molecule has 1 nitrogen and oxygen atoms in total. The number of hydrogen-bond acceptors (Lipinski definition) is 2. The highest BCUT2D eigenvalue weighted by molar-refractivity contribution is 7.26. The Morgan fingerprint density at radius 2 is 1.30 bits per heavy atom. The number of hydrogen-bond donors (Lipinski definition) is 0. The van der Waals surface area contributed by atoms with Gasteiger partial charge in [0, 0.05) is 36.3 Å². The van der Waals surface area contributed by atoms with E-state index < -0.39 is 0 Å². The molecule has 0 spiro atoms. The third-order valence-electron chi connectivity index (χ3n) is 6.60. The average molecular weight is 398 g/mol. The van der Waals surface area contributed by atoms with Crippen LogP contribution in [0.2, 0.25) is 0 Å². The van der Waals surface area contributed by atoms with E-state index in [2.05, 4.69) is 84.9 Å². The summed E-state index contributed by atoms with van der Waals surface area (Å²) in [5.41, 5.74) is 7.10. The van der Waals surface area contributed by atoms with Crippen molar-refractivity contribution in [3.8, 4) is 22.3 Å². The topological polar surface area (TPSA) is 13.1 Å². The Morgan fingerprint density at radius 3 is 2.23 bits per heavy atom. The summed E-state index contributed by atoms with van der Waals surface area (Å²) in [5, 5.41) is 7.90. The van der Waals surface area contributed by atoms with Crippen LogP contribution in [0, 0.1) is 0 Å². The van der Waals surface area contributed by atoms with Crippen molar-refractivity contribution in [1.82, 2.24) is 0 Å². The molecule has 2 heterocycles. The molecule has 0 saturated heterocycles. The quantitative estimate of drug-likeness (QED) is 0.269. The van der Waals surface area contributed by atoms with Gasteiger partial charge in [0.25, 0.3) is 0 Å². The molecule has 7 aromatic rings. The Kier molecular flexibility index (Phi) is 2.59. The molecule has 2 aromatic heterocycles. The first kappa shape index (κ1) is 15.3. The summed E-state index contributed by atoms with van der Waals surface area (Å²) in [7, 11) is 0. The van der Waals surface area contributed by atoms with E-state index >= 15 is 0 Å². The predicted octanol–water partition coefficient (Wildman–Crippen LogP) is 8.75. The number of furan rings is 1. The summed E-state index contributed by atoms with van der Waals surface area (Å²) in [6, 6.07) is 30.7. The van der Waals surface area contributed by atoms with E-state index in [0.717, 1.165) is 11.2 Å². The van der Waals surface area contributed by atoms with Crippen LogP contribution in [0.5, 0.6) is 0 Å². The molecular formula is C28H14OS. The maximum Gasteiger partial charge on any atom is 0.136 e. The van der Waals surface area contributed by atoms with Crippen LogP contribution in [0.4, 0.5) is 0 Å². The van der Waals surface area contributed by atoms with Gasteiger partial charge in [0.05, 0.1) is 0 Å². The first-order valence-corrected chi connectivity index (χ1v) is 11.0. The number of benzene rings is 5. The van der Waals surface area contributed by atoms with Crippen LogP contribution in [0.15, 0.2) is 89.3 Å². The largest absolute Gasteiger partial charge is 0.456 e. The Hall–Kier alpha value is -3.62. The van der Waals surface area contributed by atoms with Gasteiger partial charge in [0.2, 0.25) is 0 Å². The molecule has 1 aliphatic rings. The highest BCUT2D eigenvalue weighted by Crippen LogP contribution is 2.53. The maximum atomic E-state index is 6.34. The first-order chi connectivity index (χ1) is 14.9. The predicted molar refractivity (Wildman–Crippen MR) is 129 cm³/mol. The second-order valence-corrected chi connectivity index (χ2v) is 9.17. The van der Waals surface area contributed by atoms with Crippen molar-refractivity contribution in [2.24, 2.45) is 0 Å². The lowest BCUT2D eigenvalue weighted by molar-refractivity contribution is 0.669. The Labute approximate surface area is 175 Å². The molecule has 30 heavy (non-hydrogen) atoms. The lowest BCUT2D eigenvalue weighted by Gasteiger charge is -2.13. The molecular weight excluding hydrogens is 384 g/mol.